The van der Waals surface area contributed by atoms with E-state index >= 15 is 0 Å². The molecule has 5 atom stereocenters. The fourth-order valence-electron chi connectivity index (χ4n) is 8.50. The van der Waals surface area contributed by atoms with Crippen LogP contribution in [0.3, 0.4) is 0 Å². The minimum Gasteiger partial charge on any atom is -0.390 e. The lowest BCUT2D eigenvalue weighted by molar-refractivity contribution is -0.168. The Kier molecular flexibility index (Phi) is 7.28. The van der Waals surface area contributed by atoms with Crippen molar-refractivity contribution in [2.75, 3.05) is 0 Å². The molecule has 0 heterocycles. The van der Waals surface area contributed by atoms with Crippen molar-refractivity contribution in [3.05, 3.63) is 23.8 Å². The standard InChI is InChI=1S/C30H52O/c1-22(15-16-24-23(2)13-10-18-27(24,3)4)12-9-14-26-29(7)20-11-19-28(5,6)25(29)17-21-30(26,8)31/h12,24-26,31H,2,9-11,13-21H2,1,3-8H3/b22-12-/t24-,25-,26+,29-,30+/m0/s1. The van der Waals surface area contributed by atoms with Gasteiger partial charge in [-0.05, 0) is 118 Å². The summed E-state index contributed by atoms with van der Waals surface area (Å²) in [4.78, 5) is 0. The first-order chi connectivity index (χ1) is 14.3. The van der Waals surface area contributed by atoms with Crippen molar-refractivity contribution < 1.29 is 5.11 Å². The third-order valence-corrected chi connectivity index (χ3v) is 10.3. The molecule has 178 valence electrons. The lowest BCUT2D eigenvalue weighted by Gasteiger charge is -2.61. The Morgan fingerprint density at radius 3 is 2.32 bits per heavy atom. The summed E-state index contributed by atoms with van der Waals surface area (Å²) in [5, 5.41) is 11.4. The van der Waals surface area contributed by atoms with Crippen LogP contribution in [0, 0.1) is 34.0 Å². The third-order valence-electron chi connectivity index (χ3n) is 10.3. The largest absolute Gasteiger partial charge is 0.390 e. The maximum atomic E-state index is 11.4. The molecule has 0 unspecified atom stereocenters. The van der Waals surface area contributed by atoms with Gasteiger partial charge in [-0.15, -0.1) is 0 Å². The van der Waals surface area contributed by atoms with E-state index in [2.05, 4.69) is 61.1 Å². The summed E-state index contributed by atoms with van der Waals surface area (Å²) in [6.45, 7) is 21.2. The van der Waals surface area contributed by atoms with E-state index in [-0.39, 0.29) is 5.41 Å². The Balaban J connectivity index is 1.62. The first kappa shape index (κ1) is 25.1. The number of allylic oxidation sites excluding steroid dienone is 3. The Bertz CT molecular complexity index is 679. The van der Waals surface area contributed by atoms with Gasteiger partial charge < -0.3 is 5.11 Å². The zero-order valence-corrected chi connectivity index (χ0v) is 21.9. The van der Waals surface area contributed by atoms with E-state index in [0.717, 1.165) is 25.2 Å². The molecule has 3 rings (SSSR count). The van der Waals surface area contributed by atoms with Crippen LogP contribution in [0.25, 0.3) is 0 Å². The smallest absolute Gasteiger partial charge is 0.0653 e. The van der Waals surface area contributed by atoms with Gasteiger partial charge in [0.2, 0.25) is 0 Å². The van der Waals surface area contributed by atoms with Gasteiger partial charge >= 0.3 is 0 Å². The van der Waals surface area contributed by atoms with Crippen LogP contribution in [0.5, 0.6) is 0 Å². The quantitative estimate of drug-likeness (QED) is 0.419. The van der Waals surface area contributed by atoms with Gasteiger partial charge in [0, 0.05) is 0 Å². The zero-order valence-electron chi connectivity index (χ0n) is 21.9. The van der Waals surface area contributed by atoms with Gasteiger partial charge in [-0.1, -0.05) is 64.8 Å². The van der Waals surface area contributed by atoms with Gasteiger partial charge in [0.15, 0.2) is 0 Å². The second kappa shape index (κ2) is 9.00. The molecular formula is C30H52O. The first-order valence-electron chi connectivity index (χ1n) is 13.4. The SMILES string of the molecule is C=C1CCCC(C)(C)[C@H]1CC/C(C)=C\CC[C@@H]1[C@@]2(C)CCCC(C)(C)[C@@H]2CC[C@@]1(C)O. The fraction of sp³-hybridized carbons (Fsp3) is 0.867. The van der Waals surface area contributed by atoms with Crippen molar-refractivity contribution in [1.29, 1.82) is 0 Å². The number of aliphatic hydroxyl groups is 1. The molecule has 0 aliphatic heterocycles. The molecule has 0 radical (unpaired) electrons. The Morgan fingerprint density at radius 2 is 1.65 bits per heavy atom. The molecule has 0 bridgehead atoms. The van der Waals surface area contributed by atoms with E-state index in [4.69, 9.17) is 0 Å². The van der Waals surface area contributed by atoms with E-state index in [0.29, 0.717) is 22.7 Å². The van der Waals surface area contributed by atoms with Crippen LogP contribution in [0.1, 0.15) is 126 Å². The highest BCUT2D eigenvalue weighted by Gasteiger charge is 2.57. The topological polar surface area (TPSA) is 20.2 Å². The molecular weight excluding hydrogens is 376 g/mol. The maximum absolute atomic E-state index is 11.4. The number of rotatable bonds is 6. The second-order valence-electron chi connectivity index (χ2n) is 13.6. The highest BCUT2D eigenvalue weighted by atomic mass is 16.3. The Labute approximate surface area is 194 Å². The highest BCUT2D eigenvalue weighted by molar-refractivity contribution is 5.12. The molecule has 3 saturated carbocycles. The number of hydrogen-bond acceptors (Lipinski definition) is 1. The molecule has 0 spiro atoms. The van der Waals surface area contributed by atoms with E-state index in [1.54, 1.807) is 0 Å². The van der Waals surface area contributed by atoms with Gasteiger partial charge in [0.25, 0.3) is 0 Å². The van der Waals surface area contributed by atoms with Crippen LogP contribution in [0.15, 0.2) is 23.8 Å². The summed E-state index contributed by atoms with van der Waals surface area (Å²) < 4.78 is 0. The average molecular weight is 429 g/mol. The Hall–Kier alpha value is -0.560. The van der Waals surface area contributed by atoms with Gasteiger partial charge in [0.05, 0.1) is 5.60 Å². The van der Waals surface area contributed by atoms with Gasteiger partial charge in [-0.25, -0.2) is 0 Å². The molecule has 3 aliphatic carbocycles. The van der Waals surface area contributed by atoms with Gasteiger partial charge in [-0.3, -0.25) is 0 Å². The highest BCUT2D eigenvalue weighted by Crippen LogP contribution is 2.62. The fourth-order valence-corrected chi connectivity index (χ4v) is 8.50. The average Bonchev–Trinajstić information content (AvgIpc) is 2.62. The summed E-state index contributed by atoms with van der Waals surface area (Å²) in [6, 6.07) is 0. The van der Waals surface area contributed by atoms with Gasteiger partial charge in [-0.2, -0.15) is 0 Å². The van der Waals surface area contributed by atoms with Gasteiger partial charge in [0.1, 0.15) is 0 Å². The zero-order chi connectivity index (χ0) is 23.1. The monoisotopic (exact) mass is 428 g/mol. The number of hydrogen-bond donors (Lipinski definition) is 1. The minimum atomic E-state index is -0.510. The van der Waals surface area contributed by atoms with Crippen molar-refractivity contribution in [3.8, 4) is 0 Å². The molecule has 1 heteroatoms. The van der Waals surface area contributed by atoms with Crippen molar-refractivity contribution in [2.24, 2.45) is 34.0 Å². The normalized spacial score (nSPS) is 40.5. The van der Waals surface area contributed by atoms with Crippen molar-refractivity contribution in [1.82, 2.24) is 0 Å². The molecule has 0 aromatic rings. The lowest BCUT2D eigenvalue weighted by Crippen LogP contribution is -2.57. The molecule has 31 heavy (non-hydrogen) atoms. The Morgan fingerprint density at radius 1 is 0.968 bits per heavy atom. The molecule has 0 aromatic carbocycles. The van der Waals surface area contributed by atoms with Crippen LogP contribution in [-0.2, 0) is 0 Å². The van der Waals surface area contributed by atoms with E-state index in [9.17, 15) is 5.11 Å². The molecule has 3 aliphatic rings. The van der Waals surface area contributed by atoms with Crippen LogP contribution >= 0.6 is 0 Å². The molecule has 1 nitrogen and oxygen atoms in total. The van der Waals surface area contributed by atoms with Crippen LogP contribution in [-0.4, -0.2) is 10.7 Å². The predicted octanol–water partition coefficient (Wildman–Crippen LogP) is 8.87. The maximum Gasteiger partial charge on any atom is 0.0653 e. The molecule has 3 fully saturated rings. The van der Waals surface area contributed by atoms with Crippen molar-refractivity contribution in [3.63, 3.8) is 0 Å². The van der Waals surface area contributed by atoms with Crippen LogP contribution < -0.4 is 0 Å². The summed E-state index contributed by atoms with van der Waals surface area (Å²) >= 11 is 0. The summed E-state index contributed by atoms with van der Waals surface area (Å²) in [5.74, 6) is 1.84. The lowest BCUT2D eigenvalue weighted by atomic mass is 9.45. The molecule has 1 N–H and O–H groups in total. The van der Waals surface area contributed by atoms with E-state index in [1.807, 2.05) is 0 Å². The molecule has 0 amide bonds. The number of fused-ring (bicyclic) bond motifs is 1. The third kappa shape index (κ3) is 5.18. The minimum absolute atomic E-state index is 0.287. The predicted molar refractivity (Wildman–Crippen MR) is 135 cm³/mol. The first-order valence-corrected chi connectivity index (χ1v) is 13.4. The summed E-state index contributed by atoms with van der Waals surface area (Å²) in [5.41, 5.74) is 3.63. The summed E-state index contributed by atoms with van der Waals surface area (Å²) in [6.07, 6.45) is 17.2. The van der Waals surface area contributed by atoms with E-state index in [1.165, 1.54) is 68.9 Å². The van der Waals surface area contributed by atoms with Crippen LogP contribution in [0.2, 0.25) is 0 Å². The van der Waals surface area contributed by atoms with Crippen LogP contribution in [0.4, 0.5) is 0 Å². The molecule has 0 aromatic heterocycles. The molecule has 0 saturated heterocycles. The summed E-state index contributed by atoms with van der Waals surface area (Å²) in [7, 11) is 0. The van der Waals surface area contributed by atoms with Crippen molar-refractivity contribution >= 4 is 0 Å². The second-order valence-corrected chi connectivity index (χ2v) is 13.6. The van der Waals surface area contributed by atoms with E-state index < -0.39 is 5.60 Å². The van der Waals surface area contributed by atoms with Crippen molar-refractivity contribution in [2.45, 2.75) is 131 Å².